The molecule has 1 aromatic carbocycles. The summed E-state index contributed by atoms with van der Waals surface area (Å²) in [5.41, 5.74) is 2.41. The van der Waals surface area contributed by atoms with E-state index in [0.29, 0.717) is 18.7 Å². The third-order valence-corrected chi connectivity index (χ3v) is 7.69. The number of nitrogens with zero attached hydrogens (tertiary/aromatic N) is 3. The normalized spacial score (nSPS) is 23.6. The Labute approximate surface area is 197 Å². The summed E-state index contributed by atoms with van der Waals surface area (Å²) in [4.78, 5) is 27.2. The molecule has 0 radical (unpaired) electrons. The van der Waals surface area contributed by atoms with Crippen LogP contribution >= 0.6 is 0 Å². The van der Waals surface area contributed by atoms with E-state index in [1.54, 1.807) is 10.7 Å². The Kier molecular flexibility index (Phi) is 5.91. The number of furan rings is 1. The Morgan fingerprint density at radius 3 is 2.76 bits per heavy atom. The number of aliphatic carboxylic acids is 1. The van der Waals surface area contributed by atoms with Crippen LogP contribution in [0.5, 0.6) is 0 Å². The van der Waals surface area contributed by atoms with Crippen molar-refractivity contribution in [2.24, 2.45) is 18.9 Å². The van der Waals surface area contributed by atoms with Crippen LogP contribution in [0.3, 0.4) is 0 Å². The van der Waals surface area contributed by atoms with Crippen LogP contribution < -0.4 is 0 Å². The number of carbonyl (C=O) groups excluding carboxylic acids is 1. The van der Waals surface area contributed by atoms with Crippen molar-refractivity contribution in [3.05, 3.63) is 42.0 Å². The summed E-state index contributed by atoms with van der Waals surface area (Å²) in [7, 11) is 1.86. The van der Waals surface area contributed by atoms with Gasteiger partial charge in [-0.25, -0.2) is 0 Å². The SMILES string of the molecule is CC(CC(=O)N1CCCC2C(C(=O)O)CCCC21)c1nn(C)c2cccc(-c3ccc(F)o3)c12. The van der Waals surface area contributed by atoms with Crippen LogP contribution in [0.2, 0.25) is 0 Å². The van der Waals surface area contributed by atoms with Crippen molar-refractivity contribution >= 4 is 22.8 Å². The zero-order valence-corrected chi connectivity index (χ0v) is 19.5. The predicted octanol–water partition coefficient (Wildman–Crippen LogP) is 4.96. The van der Waals surface area contributed by atoms with E-state index >= 15 is 0 Å². The second-order valence-electron chi connectivity index (χ2n) is 9.75. The van der Waals surface area contributed by atoms with Crippen LogP contribution in [0.15, 0.2) is 34.7 Å². The average Bonchev–Trinajstić information content (AvgIpc) is 3.41. The maximum atomic E-state index is 13.6. The van der Waals surface area contributed by atoms with Crippen molar-refractivity contribution < 1.29 is 23.5 Å². The third kappa shape index (κ3) is 3.89. The summed E-state index contributed by atoms with van der Waals surface area (Å²) in [6.07, 6.45) is 4.40. The minimum Gasteiger partial charge on any atom is -0.481 e. The molecule has 1 amide bonds. The van der Waals surface area contributed by atoms with E-state index in [0.717, 1.165) is 47.8 Å². The van der Waals surface area contributed by atoms with Crippen molar-refractivity contribution in [2.45, 2.75) is 57.4 Å². The number of rotatable bonds is 5. The lowest BCUT2D eigenvalue weighted by molar-refractivity contribution is -0.152. The number of amides is 1. The monoisotopic (exact) mass is 467 g/mol. The van der Waals surface area contributed by atoms with Gasteiger partial charge in [-0.3, -0.25) is 14.3 Å². The highest BCUT2D eigenvalue weighted by atomic mass is 19.1. The number of fused-ring (bicyclic) bond motifs is 2. The number of likely N-dealkylation sites (tertiary alicyclic amines) is 1. The van der Waals surface area contributed by atoms with Crippen LogP contribution in [0.25, 0.3) is 22.2 Å². The molecule has 2 fully saturated rings. The molecule has 180 valence electrons. The van der Waals surface area contributed by atoms with Gasteiger partial charge >= 0.3 is 5.97 Å². The van der Waals surface area contributed by atoms with E-state index in [1.165, 1.54) is 6.07 Å². The van der Waals surface area contributed by atoms with Gasteiger partial charge in [0.15, 0.2) is 0 Å². The number of hydrogen-bond acceptors (Lipinski definition) is 4. The van der Waals surface area contributed by atoms with Crippen LogP contribution in [0.4, 0.5) is 4.39 Å². The molecule has 2 aliphatic rings. The first-order valence-electron chi connectivity index (χ1n) is 12.1. The minimum atomic E-state index is -0.737. The summed E-state index contributed by atoms with van der Waals surface area (Å²) >= 11 is 0. The van der Waals surface area contributed by atoms with Gasteiger partial charge in [-0.2, -0.15) is 9.49 Å². The molecule has 3 heterocycles. The number of carboxylic acids is 1. The average molecular weight is 468 g/mol. The first-order chi connectivity index (χ1) is 16.3. The maximum Gasteiger partial charge on any atom is 0.306 e. The highest BCUT2D eigenvalue weighted by Crippen LogP contribution is 2.41. The summed E-state index contributed by atoms with van der Waals surface area (Å²) in [5.74, 6) is -0.751. The number of carbonyl (C=O) groups is 2. The van der Waals surface area contributed by atoms with Crippen molar-refractivity contribution in [1.29, 1.82) is 0 Å². The number of aromatic nitrogens is 2. The van der Waals surface area contributed by atoms with Crippen LogP contribution in [-0.2, 0) is 16.6 Å². The molecule has 1 saturated carbocycles. The topological polar surface area (TPSA) is 88.6 Å². The first kappa shape index (κ1) is 22.6. The van der Waals surface area contributed by atoms with Crippen molar-refractivity contribution in [3.63, 3.8) is 0 Å². The molecule has 1 aliphatic carbocycles. The van der Waals surface area contributed by atoms with Crippen molar-refractivity contribution in [1.82, 2.24) is 14.7 Å². The second kappa shape index (κ2) is 8.89. The molecule has 34 heavy (non-hydrogen) atoms. The molecular weight excluding hydrogens is 437 g/mol. The zero-order chi connectivity index (χ0) is 24.0. The fraction of sp³-hybridized carbons (Fsp3) is 0.500. The van der Waals surface area contributed by atoms with E-state index < -0.39 is 12.0 Å². The third-order valence-electron chi connectivity index (χ3n) is 7.69. The summed E-state index contributed by atoms with van der Waals surface area (Å²) < 4.78 is 20.6. The zero-order valence-electron chi connectivity index (χ0n) is 19.5. The number of halogens is 1. The van der Waals surface area contributed by atoms with Crippen molar-refractivity contribution in [2.75, 3.05) is 6.54 Å². The Bertz CT molecular complexity index is 1230. The fourth-order valence-corrected chi connectivity index (χ4v) is 6.13. The van der Waals surface area contributed by atoms with E-state index in [4.69, 9.17) is 9.52 Å². The van der Waals surface area contributed by atoms with Gasteiger partial charge in [-0.15, -0.1) is 0 Å². The van der Waals surface area contributed by atoms with Crippen LogP contribution in [-0.4, -0.2) is 44.3 Å². The van der Waals surface area contributed by atoms with Gasteiger partial charge in [-0.1, -0.05) is 25.5 Å². The standard InChI is InChI=1S/C26H30FN3O4/c1-15(14-23(31)30-13-5-8-16-17(26(32)33)6-3-9-19(16)30)25-24-18(21-11-12-22(27)34-21)7-4-10-20(24)29(2)28-25/h4,7,10-12,15-17,19H,3,5-6,8-9,13-14H2,1-2H3,(H,32,33). The summed E-state index contributed by atoms with van der Waals surface area (Å²) in [5, 5.41) is 15.3. The number of aryl methyl sites for hydroxylation is 1. The van der Waals surface area contributed by atoms with Gasteiger partial charge in [0.25, 0.3) is 6.01 Å². The van der Waals surface area contributed by atoms with Gasteiger partial charge in [0.2, 0.25) is 5.91 Å². The molecule has 8 heteroatoms. The molecule has 3 aromatic rings. The molecule has 4 unspecified atom stereocenters. The second-order valence-corrected chi connectivity index (χ2v) is 9.75. The fourth-order valence-electron chi connectivity index (χ4n) is 6.13. The van der Waals surface area contributed by atoms with Crippen LogP contribution in [0, 0.1) is 17.8 Å². The molecule has 5 rings (SSSR count). The highest BCUT2D eigenvalue weighted by molar-refractivity contribution is 5.96. The molecule has 0 spiro atoms. The Balaban J connectivity index is 1.42. The highest BCUT2D eigenvalue weighted by Gasteiger charge is 2.43. The Hall–Kier alpha value is -3.16. The molecule has 0 bridgehead atoms. The molecule has 4 atom stereocenters. The number of carboxylic acid groups (broad SMARTS) is 1. The Morgan fingerprint density at radius 1 is 1.21 bits per heavy atom. The largest absolute Gasteiger partial charge is 0.481 e. The number of piperidine rings is 1. The number of benzene rings is 1. The molecular formula is C26H30FN3O4. The first-order valence-corrected chi connectivity index (χ1v) is 12.1. The minimum absolute atomic E-state index is 0.00503. The molecule has 2 aromatic heterocycles. The molecule has 1 saturated heterocycles. The molecule has 7 nitrogen and oxygen atoms in total. The molecule has 1 aliphatic heterocycles. The van der Waals surface area contributed by atoms with E-state index in [-0.39, 0.29) is 36.1 Å². The summed E-state index contributed by atoms with van der Waals surface area (Å²) in [6, 6.07) is 7.97. The lowest BCUT2D eigenvalue weighted by atomic mass is 9.71. The predicted molar refractivity (Wildman–Crippen MR) is 125 cm³/mol. The quantitative estimate of drug-likeness (QED) is 0.573. The van der Waals surface area contributed by atoms with Gasteiger partial charge in [0, 0.05) is 49.0 Å². The van der Waals surface area contributed by atoms with E-state index in [1.807, 2.05) is 37.1 Å². The van der Waals surface area contributed by atoms with Gasteiger partial charge in [0.05, 0.1) is 17.1 Å². The molecule has 1 N–H and O–H groups in total. The van der Waals surface area contributed by atoms with Gasteiger partial charge < -0.3 is 14.4 Å². The summed E-state index contributed by atoms with van der Waals surface area (Å²) in [6.45, 7) is 2.67. The van der Waals surface area contributed by atoms with Crippen LogP contribution in [0.1, 0.15) is 57.1 Å². The smallest absolute Gasteiger partial charge is 0.306 e. The van der Waals surface area contributed by atoms with Crippen molar-refractivity contribution in [3.8, 4) is 11.3 Å². The van der Waals surface area contributed by atoms with E-state index in [2.05, 4.69) is 0 Å². The maximum absolute atomic E-state index is 13.6. The van der Waals surface area contributed by atoms with Gasteiger partial charge in [0.1, 0.15) is 5.76 Å². The lowest BCUT2D eigenvalue weighted by Crippen LogP contribution is -2.53. The van der Waals surface area contributed by atoms with E-state index in [9.17, 15) is 19.1 Å². The Morgan fingerprint density at radius 2 is 2.03 bits per heavy atom. The van der Waals surface area contributed by atoms with Gasteiger partial charge in [-0.05, 0) is 43.7 Å². The lowest BCUT2D eigenvalue weighted by Gasteiger charge is -2.46. The number of hydrogen-bond donors (Lipinski definition) is 1.